The second kappa shape index (κ2) is 7.35. The Morgan fingerprint density at radius 1 is 1.32 bits per heavy atom. The number of rotatable bonds is 7. The van der Waals surface area contributed by atoms with E-state index in [4.69, 9.17) is 0 Å². The highest BCUT2D eigenvalue weighted by Gasteiger charge is 2.35. The van der Waals surface area contributed by atoms with Gasteiger partial charge >= 0.3 is 0 Å². The van der Waals surface area contributed by atoms with Gasteiger partial charge in [0.05, 0.1) is 0 Å². The van der Waals surface area contributed by atoms with Crippen LogP contribution in [-0.2, 0) is 11.8 Å². The Morgan fingerprint density at radius 2 is 2.16 bits per heavy atom. The van der Waals surface area contributed by atoms with E-state index < -0.39 is 0 Å². The summed E-state index contributed by atoms with van der Waals surface area (Å²) in [4.78, 5) is 0. The summed E-state index contributed by atoms with van der Waals surface area (Å²) < 4.78 is 0. The highest BCUT2D eigenvalue weighted by molar-refractivity contribution is 7.98. The van der Waals surface area contributed by atoms with Gasteiger partial charge in [0.25, 0.3) is 0 Å². The summed E-state index contributed by atoms with van der Waals surface area (Å²) in [6.45, 7) is 4.44. The Morgan fingerprint density at radius 3 is 2.95 bits per heavy atom. The van der Waals surface area contributed by atoms with E-state index in [1.165, 1.54) is 37.9 Å². The first-order chi connectivity index (χ1) is 9.32. The van der Waals surface area contributed by atoms with Crippen molar-refractivity contribution in [2.45, 2.75) is 44.4 Å². The number of benzene rings is 1. The molecule has 0 bridgehead atoms. The maximum atomic E-state index is 3.62. The fraction of sp³-hybridized carbons (Fsp3) is 0.647. The highest BCUT2D eigenvalue weighted by Crippen LogP contribution is 2.40. The lowest BCUT2D eigenvalue weighted by Crippen LogP contribution is -2.41. The van der Waals surface area contributed by atoms with E-state index in [-0.39, 0.29) is 0 Å². The van der Waals surface area contributed by atoms with Crippen molar-refractivity contribution in [3.05, 3.63) is 35.4 Å². The molecule has 2 heteroatoms. The van der Waals surface area contributed by atoms with Crippen LogP contribution in [-0.4, -0.2) is 25.1 Å². The number of hydrogen-bond donors (Lipinski definition) is 1. The lowest BCUT2D eigenvalue weighted by atomic mass is 9.67. The molecule has 0 amide bonds. The summed E-state index contributed by atoms with van der Waals surface area (Å²) in [5.74, 6) is 1.29. The van der Waals surface area contributed by atoms with Gasteiger partial charge in [-0.3, -0.25) is 0 Å². The van der Waals surface area contributed by atoms with Crippen LogP contribution in [0, 0.1) is 0 Å². The van der Waals surface area contributed by atoms with Gasteiger partial charge in [-0.15, -0.1) is 0 Å². The normalized spacial score (nSPS) is 22.2. The number of thioether (sulfide) groups is 1. The van der Waals surface area contributed by atoms with Crippen LogP contribution in [0.4, 0.5) is 0 Å². The van der Waals surface area contributed by atoms with E-state index >= 15 is 0 Å². The van der Waals surface area contributed by atoms with E-state index in [0.29, 0.717) is 5.41 Å². The zero-order valence-corrected chi connectivity index (χ0v) is 13.2. The lowest BCUT2D eigenvalue weighted by Gasteiger charge is -2.40. The maximum absolute atomic E-state index is 3.62. The summed E-state index contributed by atoms with van der Waals surface area (Å²) in [6.07, 6.45) is 8.85. The van der Waals surface area contributed by atoms with E-state index in [1.54, 1.807) is 11.1 Å². The summed E-state index contributed by atoms with van der Waals surface area (Å²) in [7, 11) is 0. The average Bonchev–Trinajstić information content (AvgIpc) is 2.46. The van der Waals surface area contributed by atoms with Crippen LogP contribution >= 0.6 is 11.8 Å². The van der Waals surface area contributed by atoms with Crippen LogP contribution < -0.4 is 5.32 Å². The molecule has 0 aromatic heterocycles. The molecule has 1 aromatic rings. The van der Waals surface area contributed by atoms with Gasteiger partial charge in [0.15, 0.2) is 0 Å². The quantitative estimate of drug-likeness (QED) is 0.756. The first kappa shape index (κ1) is 14.9. The lowest BCUT2D eigenvalue weighted by molar-refractivity contribution is 0.317. The minimum atomic E-state index is 0.389. The number of aryl methyl sites for hydroxylation is 1. The number of hydrogen-bond acceptors (Lipinski definition) is 2. The highest BCUT2D eigenvalue weighted by atomic mass is 32.2. The van der Waals surface area contributed by atoms with Crippen molar-refractivity contribution in [1.82, 2.24) is 5.32 Å². The molecule has 0 saturated carbocycles. The van der Waals surface area contributed by atoms with E-state index in [1.807, 2.05) is 11.8 Å². The fourth-order valence-corrected chi connectivity index (χ4v) is 3.89. The van der Waals surface area contributed by atoms with Gasteiger partial charge in [-0.2, -0.15) is 11.8 Å². The van der Waals surface area contributed by atoms with Crippen LogP contribution in [0.3, 0.4) is 0 Å². The molecule has 1 unspecified atom stereocenters. The molecule has 0 heterocycles. The topological polar surface area (TPSA) is 12.0 Å². The first-order valence-electron chi connectivity index (χ1n) is 7.60. The maximum Gasteiger partial charge on any atom is 0.00809 e. The number of fused-ring (bicyclic) bond motifs is 1. The fourth-order valence-electron chi connectivity index (χ4n) is 3.46. The molecule has 19 heavy (non-hydrogen) atoms. The van der Waals surface area contributed by atoms with Crippen molar-refractivity contribution in [3.8, 4) is 0 Å². The van der Waals surface area contributed by atoms with Crippen LogP contribution in [0.1, 0.15) is 43.7 Å². The molecule has 1 N–H and O–H groups in total. The number of likely N-dealkylation sites (N-methyl/N-ethyl adjacent to an activating group) is 1. The third-order valence-electron chi connectivity index (χ3n) is 4.41. The first-order valence-corrected chi connectivity index (χ1v) is 9.00. The Bertz CT molecular complexity index is 391. The smallest absolute Gasteiger partial charge is 0.00809 e. The Balaban J connectivity index is 2.22. The Kier molecular flexibility index (Phi) is 5.77. The van der Waals surface area contributed by atoms with Gasteiger partial charge in [0.2, 0.25) is 0 Å². The van der Waals surface area contributed by atoms with E-state index in [2.05, 4.69) is 42.8 Å². The van der Waals surface area contributed by atoms with Crippen molar-refractivity contribution in [2.75, 3.05) is 25.1 Å². The van der Waals surface area contributed by atoms with Crippen LogP contribution in [0.2, 0.25) is 0 Å². The minimum absolute atomic E-state index is 0.389. The minimum Gasteiger partial charge on any atom is -0.316 e. The predicted octanol–water partition coefficient (Wildman–Crippen LogP) is 4.01. The Hall–Kier alpha value is -0.470. The second-order valence-electron chi connectivity index (χ2n) is 5.67. The summed E-state index contributed by atoms with van der Waals surface area (Å²) >= 11 is 1.97. The van der Waals surface area contributed by atoms with Gasteiger partial charge in [-0.05, 0) is 61.8 Å². The third-order valence-corrected chi connectivity index (χ3v) is 5.10. The zero-order valence-electron chi connectivity index (χ0n) is 12.4. The third kappa shape index (κ3) is 3.55. The molecule has 0 radical (unpaired) electrons. The number of nitrogens with one attached hydrogen (secondary N) is 1. The molecular weight excluding hydrogens is 250 g/mol. The van der Waals surface area contributed by atoms with Crippen molar-refractivity contribution >= 4 is 11.8 Å². The monoisotopic (exact) mass is 277 g/mol. The Labute approximate surface area is 122 Å². The second-order valence-corrected chi connectivity index (χ2v) is 6.65. The van der Waals surface area contributed by atoms with Crippen molar-refractivity contribution in [3.63, 3.8) is 0 Å². The SMILES string of the molecule is CCNCC1(CCCSC)CCCc2ccccc21. The van der Waals surface area contributed by atoms with Crippen molar-refractivity contribution < 1.29 is 0 Å². The van der Waals surface area contributed by atoms with E-state index in [0.717, 1.165) is 13.1 Å². The average molecular weight is 277 g/mol. The molecule has 2 rings (SSSR count). The van der Waals surface area contributed by atoms with Crippen LogP contribution in [0.15, 0.2) is 24.3 Å². The summed E-state index contributed by atoms with van der Waals surface area (Å²) in [6, 6.07) is 9.14. The van der Waals surface area contributed by atoms with Gasteiger partial charge in [-0.1, -0.05) is 31.2 Å². The van der Waals surface area contributed by atoms with Gasteiger partial charge in [-0.25, -0.2) is 0 Å². The van der Waals surface area contributed by atoms with Crippen molar-refractivity contribution in [2.24, 2.45) is 0 Å². The van der Waals surface area contributed by atoms with Gasteiger partial charge < -0.3 is 5.32 Å². The van der Waals surface area contributed by atoms with E-state index in [9.17, 15) is 0 Å². The van der Waals surface area contributed by atoms with Crippen LogP contribution in [0.25, 0.3) is 0 Å². The standard InChI is InChI=1S/C17H27NS/c1-3-18-14-17(12-7-13-19-2)11-6-9-15-8-4-5-10-16(15)17/h4-5,8,10,18H,3,6-7,9,11-14H2,1-2H3. The molecular formula is C17H27NS. The summed E-state index contributed by atoms with van der Waals surface area (Å²) in [5, 5.41) is 3.62. The summed E-state index contributed by atoms with van der Waals surface area (Å²) in [5.41, 5.74) is 3.61. The van der Waals surface area contributed by atoms with Gasteiger partial charge in [0, 0.05) is 12.0 Å². The zero-order chi connectivity index (χ0) is 13.6. The van der Waals surface area contributed by atoms with Gasteiger partial charge in [0.1, 0.15) is 0 Å². The molecule has 1 aliphatic carbocycles. The molecule has 1 aromatic carbocycles. The molecule has 0 aliphatic heterocycles. The van der Waals surface area contributed by atoms with Crippen LogP contribution in [0.5, 0.6) is 0 Å². The largest absolute Gasteiger partial charge is 0.316 e. The molecule has 106 valence electrons. The molecule has 1 nitrogen and oxygen atoms in total. The molecule has 0 fully saturated rings. The predicted molar refractivity (Wildman–Crippen MR) is 87.2 cm³/mol. The molecule has 0 spiro atoms. The molecule has 1 atom stereocenters. The molecule has 1 aliphatic rings. The molecule has 0 saturated heterocycles. The van der Waals surface area contributed by atoms with Crippen molar-refractivity contribution in [1.29, 1.82) is 0 Å².